The second-order valence-electron chi connectivity index (χ2n) is 3.76. The van der Waals surface area contributed by atoms with Gasteiger partial charge < -0.3 is 22.1 Å². The Hall–Kier alpha value is -1.47. The number of carbonyl (C=O) groups excluding carboxylic acids is 3. The van der Waals surface area contributed by atoms with Crippen molar-refractivity contribution < 1.29 is 14.4 Å². The third-order valence-electron chi connectivity index (χ3n) is 2.33. The zero-order valence-electron chi connectivity index (χ0n) is 10.2. The third-order valence-corrected chi connectivity index (χ3v) is 2.33. The van der Waals surface area contributed by atoms with Crippen molar-refractivity contribution in [1.82, 2.24) is 10.6 Å². The average molecular weight is 244 g/mol. The fourth-order valence-electron chi connectivity index (χ4n) is 1.34. The van der Waals surface area contributed by atoms with Crippen LogP contribution in [0.25, 0.3) is 0 Å². The van der Waals surface area contributed by atoms with Crippen LogP contribution in [0, 0.1) is 0 Å². The lowest BCUT2D eigenvalue weighted by Gasteiger charge is -2.19. The van der Waals surface area contributed by atoms with Crippen molar-refractivity contribution in [2.24, 2.45) is 11.5 Å². The van der Waals surface area contributed by atoms with Gasteiger partial charge in [0.1, 0.15) is 0 Å². The predicted octanol–water partition coefficient (Wildman–Crippen LogP) is -2.13. The quantitative estimate of drug-likeness (QED) is 0.388. The minimum Gasteiger partial charge on any atom is -0.370 e. The molecule has 0 aromatic rings. The second-order valence-corrected chi connectivity index (χ2v) is 3.76. The van der Waals surface area contributed by atoms with E-state index in [1.165, 1.54) is 6.92 Å². The first-order valence-corrected chi connectivity index (χ1v) is 5.38. The Morgan fingerprint density at radius 3 is 2.18 bits per heavy atom. The topological polar surface area (TPSA) is 127 Å². The van der Waals surface area contributed by atoms with E-state index in [1.807, 2.05) is 0 Å². The number of Topliss-reactive ketones (excluding diaryl/α,β-unsaturated/α-hetero) is 1. The van der Waals surface area contributed by atoms with Gasteiger partial charge in [0.25, 0.3) is 0 Å². The molecule has 2 amide bonds. The van der Waals surface area contributed by atoms with Crippen LogP contribution in [0.3, 0.4) is 0 Å². The smallest absolute Gasteiger partial charge is 0.238 e. The molecule has 0 aliphatic heterocycles. The van der Waals surface area contributed by atoms with Crippen molar-refractivity contribution in [3.05, 3.63) is 0 Å². The van der Waals surface area contributed by atoms with Crippen molar-refractivity contribution in [3.8, 4) is 0 Å². The van der Waals surface area contributed by atoms with Crippen LogP contribution in [0.4, 0.5) is 0 Å². The summed E-state index contributed by atoms with van der Waals surface area (Å²) >= 11 is 0. The van der Waals surface area contributed by atoms with E-state index in [4.69, 9.17) is 11.5 Å². The molecule has 0 rings (SSSR count). The minimum atomic E-state index is -0.730. The van der Waals surface area contributed by atoms with Gasteiger partial charge in [-0.05, 0) is 26.9 Å². The lowest BCUT2D eigenvalue weighted by Crippen LogP contribution is -2.50. The summed E-state index contributed by atoms with van der Waals surface area (Å²) in [6, 6.07) is -1.34. The summed E-state index contributed by atoms with van der Waals surface area (Å²) in [6.45, 7) is 1.67. The fraction of sp³-hybridized carbons (Fsp3) is 0.700. The predicted molar refractivity (Wildman–Crippen MR) is 62.9 cm³/mol. The first-order chi connectivity index (χ1) is 7.92. The van der Waals surface area contributed by atoms with E-state index in [0.29, 0.717) is 13.0 Å². The summed E-state index contributed by atoms with van der Waals surface area (Å²) in [4.78, 5) is 33.7. The summed E-state index contributed by atoms with van der Waals surface area (Å²) in [5.41, 5.74) is 10.3. The Balaban J connectivity index is 4.45. The van der Waals surface area contributed by atoms with Gasteiger partial charge in [0.05, 0.1) is 18.5 Å². The van der Waals surface area contributed by atoms with Crippen LogP contribution >= 0.6 is 0 Å². The Morgan fingerprint density at radius 1 is 1.24 bits per heavy atom. The van der Waals surface area contributed by atoms with Gasteiger partial charge in [-0.2, -0.15) is 0 Å². The monoisotopic (exact) mass is 244 g/mol. The molecule has 7 nitrogen and oxygen atoms in total. The van der Waals surface area contributed by atoms with E-state index in [0.717, 1.165) is 0 Å². The van der Waals surface area contributed by atoms with Gasteiger partial charge in [-0.1, -0.05) is 0 Å². The summed E-state index contributed by atoms with van der Waals surface area (Å²) in [7, 11) is 1.54. The molecule has 7 heteroatoms. The van der Waals surface area contributed by atoms with Gasteiger partial charge in [-0.3, -0.25) is 14.4 Å². The lowest BCUT2D eigenvalue weighted by atomic mass is 10.1. The highest BCUT2D eigenvalue weighted by molar-refractivity contribution is 5.92. The number of hydrogen-bond acceptors (Lipinski definition) is 5. The van der Waals surface area contributed by atoms with Gasteiger partial charge in [0, 0.05) is 0 Å². The third kappa shape index (κ3) is 5.98. The van der Waals surface area contributed by atoms with Gasteiger partial charge in [-0.25, -0.2) is 0 Å². The Kier molecular flexibility index (Phi) is 7.08. The summed E-state index contributed by atoms with van der Waals surface area (Å²) in [5.74, 6) is -1.18. The molecule has 0 unspecified atom stereocenters. The van der Waals surface area contributed by atoms with Crippen LogP contribution in [0.5, 0.6) is 0 Å². The van der Waals surface area contributed by atoms with Crippen LogP contribution in [-0.4, -0.2) is 43.3 Å². The number of nitrogens with one attached hydrogen (secondary N) is 2. The molecule has 2 atom stereocenters. The van der Waals surface area contributed by atoms with E-state index in [1.54, 1.807) is 7.05 Å². The Bertz CT molecular complexity index is 293. The van der Waals surface area contributed by atoms with Crippen molar-refractivity contribution in [2.75, 3.05) is 13.6 Å². The van der Waals surface area contributed by atoms with Gasteiger partial charge in [0.15, 0.2) is 5.78 Å². The zero-order chi connectivity index (χ0) is 13.4. The van der Waals surface area contributed by atoms with E-state index < -0.39 is 23.9 Å². The molecule has 17 heavy (non-hydrogen) atoms. The van der Waals surface area contributed by atoms with Crippen LogP contribution in [0.2, 0.25) is 0 Å². The zero-order valence-corrected chi connectivity index (χ0v) is 10.2. The molecule has 0 spiro atoms. The maximum absolute atomic E-state index is 11.7. The highest BCUT2D eigenvalue weighted by atomic mass is 16.2. The molecule has 0 aliphatic carbocycles. The van der Waals surface area contributed by atoms with Crippen LogP contribution in [-0.2, 0) is 14.4 Å². The molecular weight excluding hydrogens is 224 g/mol. The van der Waals surface area contributed by atoms with Gasteiger partial charge >= 0.3 is 0 Å². The van der Waals surface area contributed by atoms with Crippen LogP contribution in [0.15, 0.2) is 0 Å². The summed E-state index contributed by atoms with van der Waals surface area (Å²) in [6.07, 6.45) is 0.254. The van der Waals surface area contributed by atoms with E-state index in [2.05, 4.69) is 10.6 Å². The molecule has 0 radical (unpaired) electrons. The lowest BCUT2D eigenvalue weighted by molar-refractivity contribution is -0.130. The minimum absolute atomic E-state index is 0.115. The van der Waals surface area contributed by atoms with Crippen molar-refractivity contribution in [1.29, 1.82) is 0 Å². The average Bonchev–Trinajstić information content (AvgIpc) is 2.24. The first kappa shape index (κ1) is 15.5. The van der Waals surface area contributed by atoms with Gasteiger partial charge in [0.2, 0.25) is 11.8 Å². The largest absolute Gasteiger partial charge is 0.370 e. The molecule has 0 aromatic carbocycles. The normalized spacial score (nSPS) is 13.8. The maximum atomic E-state index is 11.7. The fourth-order valence-corrected chi connectivity index (χ4v) is 1.34. The highest BCUT2D eigenvalue weighted by Crippen LogP contribution is 1.96. The molecular formula is C10H20N4O3. The Morgan fingerprint density at radius 2 is 1.82 bits per heavy atom. The number of carbonyl (C=O) groups is 3. The number of nitrogens with two attached hydrogens (primary N) is 2. The molecule has 98 valence electrons. The van der Waals surface area contributed by atoms with Crippen molar-refractivity contribution in [2.45, 2.75) is 31.8 Å². The molecule has 0 bridgehead atoms. The summed E-state index contributed by atoms with van der Waals surface area (Å²) in [5, 5.41) is 5.20. The number of ketones is 1. The molecule has 0 saturated heterocycles. The molecule has 0 saturated carbocycles. The molecule has 0 aliphatic rings. The Labute approximate surface area is 100 Å². The molecule has 0 fully saturated rings. The number of amides is 2. The van der Waals surface area contributed by atoms with Crippen LogP contribution in [0.1, 0.15) is 19.8 Å². The molecule has 0 aromatic heterocycles. The number of primary amides is 1. The van der Waals surface area contributed by atoms with Gasteiger partial charge in [-0.15, -0.1) is 0 Å². The second kappa shape index (κ2) is 7.75. The number of rotatable bonds is 8. The maximum Gasteiger partial charge on any atom is 0.238 e. The van der Waals surface area contributed by atoms with E-state index >= 15 is 0 Å². The van der Waals surface area contributed by atoms with E-state index in [-0.39, 0.29) is 12.2 Å². The molecule has 0 heterocycles. The molecule has 6 N–H and O–H groups in total. The SMILES string of the molecule is CN[C@@H](CC(N)=O)C(=O)N[C@@H](CCN)C(C)=O. The van der Waals surface area contributed by atoms with Crippen LogP contribution < -0.4 is 22.1 Å². The standard InChI is InChI=1S/C10H20N4O3/c1-6(15)7(3-4-11)14-10(17)8(13-2)5-9(12)16/h7-8,13H,3-5,11H2,1-2H3,(H2,12,16)(H,14,17)/t7-,8-/m0/s1. The number of hydrogen-bond donors (Lipinski definition) is 4. The summed E-state index contributed by atoms with van der Waals surface area (Å²) < 4.78 is 0. The highest BCUT2D eigenvalue weighted by Gasteiger charge is 2.23. The van der Waals surface area contributed by atoms with Crippen molar-refractivity contribution >= 4 is 17.6 Å². The number of likely N-dealkylation sites (N-methyl/N-ethyl adjacent to an activating group) is 1. The van der Waals surface area contributed by atoms with Crippen molar-refractivity contribution in [3.63, 3.8) is 0 Å². The van der Waals surface area contributed by atoms with E-state index in [9.17, 15) is 14.4 Å². The first-order valence-electron chi connectivity index (χ1n) is 5.38.